The summed E-state index contributed by atoms with van der Waals surface area (Å²) >= 11 is 12.2. The Hall–Kier alpha value is -1.99. The Morgan fingerprint density at radius 2 is 1.75 bits per heavy atom. The lowest BCUT2D eigenvalue weighted by molar-refractivity contribution is 0.00578. The maximum Gasteiger partial charge on any atom is 0.492 e. The van der Waals surface area contributed by atoms with Gasteiger partial charge in [-0.3, -0.25) is 0 Å². The van der Waals surface area contributed by atoms with Crippen LogP contribution in [-0.2, 0) is 26.5 Å². The predicted molar refractivity (Wildman–Crippen MR) is 130 cm³/mol. The van der Waals surface area contributed by atoms with E-state index in [1.54, 1.807) is 6.07 Å². The van der Waals surface area contributed by atoms with Gasteiger partial charge >= 0.3 is 13.2 Å². The topological polar surface area (TPSA) is 56.8 Å². The third kappa shape index (κ3) is 6.07. The van der Waals surface area contributed by atoms with Crippen molar-refractivity contribution >= 4 is 42.5 Å². The first-order chi connectivity index (χ1) is 15.1. The van der Waals surface area contributed by atoms with Gasteiger partial charge in [-0.05, 0) is 62.0 Å². The zero-order valence-corrected chi connectivity index (χ0v) is 20.3. The Bertz CT molecular complexity index is 963. The van der Waals surface area contributed by atoms with Crippen LogP contribution in [-0.4, -0.2) is 31.0 Å². The Morgan fingerprint density at radius 1 is 1.09 bits per heavy atom. The van der Waals surface area contributed by atoms with Gasteiger partial charge in [-0.15, -0.1) is 11.6 Å². The van der Waals surface area contributed by atoms with E-state index in [0.29, 0.717) is 10.9 Å². The van der Waals surface area contributed by atoms with Crippen LogP contribution in [0.15, 0.2) is 54.0 Å². The molecule has 0 bridgehead atoms. The summed E-state index contributed by atoms with van der Waals surface area (Å²) in [5.74, 6) is 0.302. The van der Waals surface area contributed by atoms with Crippen LogP contribution >= 0.6 is 23.2 Å². The lowest BCUT2D eigenvalue weighted by Gasteiger charge is -2.32. The molecule has 0 atom stereocenters. The molecule has 8 heteroatoms. The summed E-state index contributed by atoms with van der Waals surface area (Å²) in [6, 6.07) is 15.1. The van der Waals surface area contributed by atoms with Crippen molar-refractivity contribution in [1.29, 1.82) is 0 Å². The fourth-order valence-electron chi connectivity index (χ4n) is 3.15. The zero-order valence-electron chi connectivity index (χ0n) is 18.8. The van der Waals surface area contributed by atoms with Crippen molar-refractivity contribution in [3.05, 3.63) is 75.7 Å². The molecule has 1 fully saturated rings. The maximum atomic E-state index is 12.3. The number of hydrogen-bond acceptors (Lipinski definition) is 4. The summed E-state index contributed by atoms with van der Waals surface area (Å²) in [5, 5.41) is 3.41. The Balaban J connectivity index is 1.76. The molecule has 2 aromatic carbocycles. The third-order valence-electron chi connectivity index (χ3n) is 5.77. The number of nitrogens with one attached hydrogen (secondary N) is 1. The molecule has 1 heterocycles. The number of alkyl carbamates (subject to hydrolysis) is 1. The van der Waals surface area contributed by atoms with E-state index in [-0.39, 0.29) is 13.2 Å². The minimum Gasteiger partial charge on any atom is -0.445 e. The summed E-state index contributed by atoms with van der Waals surface area (Å²) in [4.78, 5) is 12.3. The summed E-state index contributed by atoms with van der Waals surface area (Å²) in [5.41, 5.74) is 2.36. The number of ether oxygens (including phenoxy) is 1. The fourth-order valence-corrected chi connectivity index (χ4v) is 3.62. The quantitative estimate of drug-likeness (QED) is 0.393. The van der Waals surface area contributed by atoms with Gasteiger partial charge in [-0.2, -0.15) is 0 Å². The van der Waals surface area contributed by atoms with Crippen molar-refractivity contribution in [3.63, 3.8) is 0 Å². The lowest BCUT2D eigenvalue weighted by Crippen LogP contribution is -2.41. The van der Waals surface area contributed by atoms with Crippen molar-refractivity contribution in [3.8, 4) is 0 Å². The predicted octanol–water partition coefficient (Wildman–Crippen LogP) is 6.02. The molecule has 0 radical (unpaired) electrons. The van der Waals surface area contributed by atoms with E-state index >= 15 is 0 Å². The van der Waals surface area contributed by atoms with Crippen LogP contribution in [0.3, 0.4) is 0 Å². The molecular formula is C24H28BCl2NO4. The fraction of sp³-hybridized carbons (Fsp3) is 0.375. The minimum absolute atomic E-state index is 0.193. The van der Waals surface area contributed by atoms with Gasteiger partial charge < -0.3 is 19.4 Å². The van der Waals surface area contributed by atoms with Gasteiger partial charge in [-0.1, -0.05) is 54.1 Å². The van der Waals surface area contributed by atoms with E-state index in [2.05, 4.69) is 5.32 Å². The molecule has 1 aliphatic rings. The molecule has 5 nitrogen and oxygen atoms in total. The molecule has 1 aliphatic heterocycles. The van der Waals surface area contributed by atoms with Crippen LogP contribution in [0.5, 0.6) is 0 Å². The molecule has 170 valence electrons. The minimum atomic E-state index is -0.621. The number of carbonyl (C=O) groups excluding carboxylic acids is 1. The number of rotatable bonds is 7. The van der Waals surface area contributed by atoms with Gasteiger partial charge in [0.2, 0.25) is 0 Å². The van der Waals surface area contributed by atoms with Crippen LogP contribution < -0.4 is 5.32 Å². The van der Waals surface area contributed by atoms with Gasteiger partial charge in [0.05, 0.1) is 11.2 Å². The van der Waals surface area contributed by atoms with E-state index in [0.717, 1.165) is 22.2 Å². The number of alkyl halides is 1. The molecule has 1 N–H and O–H groups in total. The van der Waals surface area contributed by atoms with Gasteiger partial charge in [0.1, 0.15) is 6.61 Å². The number of amides is 1. The normalized spacial score (nSPS) is 17.3. The van der Waals surface area contributed by atoms with Crippen LogP contribution in [0.1, 0.15) is 44.4 Å². The molecule has 1 amide bonds. The molecule has 2 aromatic rings. The van der Waals surface area contributed by atoms with E-state index in [4.69, 9.17) is 37.2 Å². The van der Waals surface area contributed by atoms with Crippen molar-refractivity contribution in [2.45, 2.75) is 51.4 Å². The first-order valence-corrected chi connectivity index (χ1v) is 11.4. The number of halogens is 2. The number of hydrogen-bond donors (Lipinski definition) is 1. The Labute approximate surface area is 200 Å². The lowest BCUT2D eigenvalue weighted by atomic mass is 9.77. The first kappa shape index (κ1) is 24.7. The largest absolute Gasteiger partial charge is 0.492 e. The Kier molecular flexibility index (Phi) is 7.94. The van der Waals surface area contributed by atoms with Crippen LogP contribution in [0, 0.1) is 0 Å². The monoisotopic (exact) mass is 475 g/mol. The van der Waals surface area contributed by atoms with Crippen LogP contribution in [0.2, 0.25) is 5.02 Å². The maximum absolute atomic E-state index is 12.3. The second kappa shape index (κ2) is 10.3. The average Bonchev–Trinajstić information content (AvgIpc) is 2.98. The van der Waals surface area contributed by atoms with Crippen molar-refractivity contribution < 1.29 is 18.8 Å². The summed E-state index contributed by atoms with van der Waals surface area (Å²) < 4.78 is 17.7. The molecule has 0 spiro atoms. The molecule has 0 aromatic heterocycles. The van der Waals surface area contributed by atoms with Crippen molar-refractivity contribution in [2.24, 2.45) is 0 Å². The highest BCUT2D eigenvalue weighted by atomic mass is 35.5. The van der Waals surface area contributed by atoms with Gasteiger partial charge in [0, 0.05) is 17.4 Å². The molecular weight excluding hydrogens is 448 g/mol. The van der Waals surface area contributed by atoms with Crippen molar-refractivity contribution in [1.82, 2.24) is 5.32 Å². The van der Waals surface area contributed by atoms with E-state index in [1.807, 2.05) is 76.2 Å². The first-order valence-electron chi connectivity index (χ1n) is 10.5. The molecule has 0 aliphatic carbocycles. The van der Waals surface area contributed by atoms with E-state index in [9.17, 15) is 4.79 Å². The summed E-state index contributed by atoms with van der Waals surface area (Å²) in [6.45, 7) is 8.34. The van der Waals surface area contributed by atoms with Gasteiger partial charge in [0.15, 0.2) is 0 Å². The second-order valence-corrected chi connectivity index (χ2v) is 9.38. The molecule has 32 heavy (non-hydrogen) atoms. The standard InChI is InChI=1S/C24H28BCl2NO4/c1-23(2)24(3,4)32-25(31-23)20(13-18-10-11-21(27)19(12-18)14-26)15-28-22(29)30-16-17-8-6-5-7-9-17/h5-13H,14-16H2,1-4H3,(H,28,29). The highest BCUT2D eigenvalue weighted by Gasteiger charge is 2.52. The van der Waals surface area contributed by atoms with Crippen molar-refractivity contribution in [2.75, 3.05) is 6.54 Å². The SMILES string of the molecule is CC1(C)OB(C(=Cc2ccc(Cl)c(CCl)c2)CNC(=O)OCc2ccccc2)OC1(C)C. The van der Waals surface area contributed by atoms with Gasteiger partial charge in [0.25, 0.3) is 0 Å². The zero-order chi connectivity index (χ0) is 23.4. The van der Waals surface area contributed by atoms with E-state index < -0.39 is 24.4 Å². The molecule has 0 unspecified atom stereocenters. The molecule has 3 rings (SSSR count). The highest BCUT2D eigenvalue weighted by Crippen LogP contribution is 2.38. The van der Waals surface area contributed by atoms with Crippen LogP contribution in [0.25, 0.3) is 6.08 Å². The Morgan fingerprint density at radius 3 is 2.38 bits per heavy atom. The summed E-state index contributed by atoms with van der Waals surface area (Å²) in [7, 11) is -0.621. The highest BCUT2D eigenvalue weighted by molar-refractivity contribution is 6.56. The molecule has 1 saturated heterocycles. The molecule has 0 saturated carbocycles. The average molecular weight is 476 g/mol. The summed E-state index contributed by atoms with van der Waals surface area (Å²) in [6.07, 6.45) is 1.40. The smallest absolute Gasteiger partial charge is 0.445 e. The number of benzene rings is 2. The number of carbonyl (C=O) groups is 1. The van der Waals surface area contributed by atoms with E-state index in [1.165, 1.54) is 0 Å². The third-order valence-corrected chi connectivity index (χ3v) is 6.43. The van der Waals surface area contributed by atoms with Gasteiger partial charge in [-0.25, -0.2) is 4.79 Å². The second-order valence-electron chi connectivity index (χ2n) is 8.71. The van der Waals surface area contributed by atoms with Crippen LogP contribution in [0.4, 0.5) is 4.79 Å².